The molecule has 10 heteroatoms. The highest BCUT2D eigenvalue weighted by Gasteiger charge is 2.23. The summed E-state index contributed by atoms with van der Waals surface area (Å²) in [5.74, 6) is 0.878. The van der Waals surface area contributed by atoms with Gasteiger partial charge in [-0.15, -0.1) is 10.2 Å². The number of thioether (sulfide) groups is 1. The lowest BCUT2D eigenvalue weighted by Crippen LogP contribution is -2.43. The highest BCUT2D eigenvalue weighted by atomic mass is 32.2. The fraction of sp³-hybridized carbons (Fsp3) is 0.474. The fourth-order valence-electron chi connectivity index (χ4n) is 2.54. The van der Waals surface area contributed by atoms with E-state index in [4.69, 9.17) is 18.6 Å². The predicted molar refractivity (Wildman–Crippen MR) is 107 cm³/mol. The SMILES string of the molecule is COC(=O)[C@@H](CC(C)C)NC(=O)CSc1nnc(-c2ccc(OC)cc2OC)o1. The Hall–Kier alpha value is -2.75. The zero-order valence-electron chi connectivity index (χ0n) is 17.1. The molecule has 1 aromatic carbocycles. The predicted octanol–water partition coefficient (Wildman–Crippen LogP) is 2.55. The molecular formula is C19H25N3O6S. The van der Waals surface area contributed by atoms with Gasteiger partial charge in [0.25, 0.3) is 11.1 Å². The summed E-state index contributed by atoms with van der Waals surface area (Å²) >= 11 is 1.08. The van der Waals surface area contributed by atoms with Crippen molar-refractivity contribution < 1.29 is 28.2 Å². The Morgan fingerprint density at radius 3 is 2.55 bits per heavy atom. The molecule has 0 aliphatic rings. The lowest BCUT2D eigenvalue weighted by atomic mass is 10.0. The summed E-state index contributed by atoms with van der Waals surface area (Å²) in [6, 6.07) is 4.53. The Balaban J connectivity index is 2.00. The maximum atomic E-state index is 12.2. The minimum Gasteiger partial charge on any atom is -0.497 e. The molecule has 0 fully saturated rings. The standard InChI is InChI=1S/C19H25N3O6S/c1-11(2)8-14(18(24)27-5)20-16(23)10-29-19-22-21-17(28-19)13-7-6-12(25-3)9-15(13)26-4/h6-7,9,11,14H,8,10H2,1-5H3,(H,20,23)/t14-/m1/s1. The molecule has 0 bridgehead atoms. The molecule has 2 aromatic rings. The number of hydrogen-bond donors (Lipinski definition) is 1. The topological polar surface area (TPSA) is 113 Å². The Kier molecular flexibility index (Phi) is 8.32. The number of esters is 1. The van der Waals surface area contributed by atoms with Crippen LogP contribution in [0.1, 0.15) is 20.3 Å². The normalized spacial score (nSPS) is 11.8. The van der Waals surface area contributed by atoms with Crippen LogP contribution in [0.4, 0.5) is 0 Å². The van der Waals surface area contributed by atoms with Gasteiger partial charge in [0.15, 0.2) is 0 Å². The third-order valence-electron chi connectivity index (χ3n) is 3.90. The first kappa shape index (κ1) is 22.5. The molecule has 0 aliphatic heterocycles. The van der Waals surface area contributed by atoms with Crippen LogP contribution in [0.3, 0.4) is 0 Å². The van der Waals surface area contributed by atoms with Gasteiger partial charge in [-0.3, -0.25) is 4.79 Å². The molecule has 1 N–H and O–H groups in total. The van der Waals surface area contributed by atoms with Crippen LogP contribution in [0.5, 0.6) is 11.5 Å². The van der Waals surface area contributed by atoms with Crippen molar-refractivity contribution in [2.75, 3.05) is 27.1 Å². The molecule has 158 valence electrons. The molecule has 0 radical (unpaired) electrons. The van der Waals surface area contributed by atoms with E-state index in [1.807, 2.05) is 13.8 Å². The molecule has 0 unspecified atom stereocenters. The van der Waals surface area contributed by atoms with Gasteiger partial charge in [0.2, 0.25) is 5.91 Å². The quantitative estimate of drug-likeness (QED) is 0.455. The average Bonchev–Trinajstić information content (AvgIpc) is 3.19. The van der Waals surface area contributed by atoms with E-state index in [2.05, 4.69) is 15.5 Å². The Bertz CT molecular complexity index is 839. The lowest BCUT2D eigenvalue weighted by Gasteiger charge is -2.17. The summed E-state index contributed by atoms with van der Waals surface area (Å²) in [5.41, 5.74) is 0.611. The maximum absolute atomic E-state index is 12.2. The monoisotopic (exact) mass is 423 g/mol. The van der Waals surface area contributed by atoms with Crippen LogP contribution >= 0.6 is 11.8 Å². The number of ether oxygens (including phenoxy) is 3. The summed E-state index contributed by atoms with van der Waals surface area (Å²) < 4.78 is 20.9. The third kappa shape index (κ3) is 6.38. The zero-order chi connectivity index (χ0) is 21.4. The Morgan fingerprint density at radius 2 is 1.93 bits per heavy atom. The van der Waals surface area contributed by atoms with Gasteiger partial charge in [0.1, 0.15) is 17.5 Å². The van der Waals surface area contributed by atoms with Crippen LogP contribution in [-0.2, 0) is 14.3 Å². The van der Waals surface area contributed by atoms with E-state index in [1.165, 1.54) is 14.2 Å². The number of carbonyl (C=O) groups excluding carboxylic acids is 2. The number of amides is 1. The van der Waals surface area contributed by atoms with Gasteiger partial charge >= 0.3 is 5.97 Å². The number of methoxy groups -OCH3 is 3. The number of nitrogens with one attached hydrogen (secondary N) is 1. The molecule has 29 heavy (non-hydrogen) atoms. The highest BCUT2D eigenvalue weighted by molar-refractivity contribution is 7.99. The fourth-order valence-corrected chi connectivity index (χ4v) is 3.12. The van der Waals surface area contributed by atoms with Crippen molar-refractivity contribution in [2.24, 2.45) is 5.92 Å². The van der Waals surface area contributed by atoms with Crippen molar-refractivity contribution in [3.63, 3.8) is 0 Å². The first-order valence-corrected chi connectivity index (χ1v) is 9.92. The Labute approximate surface area is 173 Å². The molecule has 0 saturated carbocycles. The second-order valence-electron chi connectivity index (χ2n) is 6.50. The van der Waals surface area contributed by atoms with Crippen molar-refractivity contribution in [1.29, 1.82) is 0 Å². The molecule has 0 spiro atoms. The van der Waals surface area contributed by atoms with Crippen molar-refractivity contribution in [3.8, 4) is 23.0 Å². The number of nitrogens with zero attached hydrogens (tertiary/aromatic N) is 2. The summed E-state index contributed by atoms with van der Waals surface area (Å²) in [5, 5.41) is 10.9. The number of aromatic nitrogens is 2. The van der Waals surface area contributed by atoms with Gasteiger partial charge in [-0.2, -0.15) is 0 Å². The number of carbonyl (C=O) groups is 2. The van der Waals surface area contributed by atoms with Crippen molar-refractivity contribution in [2.45, 2.75) is 31.5 Å². The van der Waals surface area contributed by atoms with E-state index >= 15 is 0 Å². The van der Waals surface area contributed by atoms with Crippen LogP contribution < -0.4 is 14.8 Å². The van der Waals surface area contributed by atoms with Crippen LogP contribution in [-0.4, -0.2) is 55.2 Å². The first-order chi connectivity index (χ1) is 13.9. The van der Waals surface area contributed by atoms with Crippen LogP contribution in [0, 0.1) is 5.92 Å². The molecule has 1 heterocycles. The molecule has 1 aromatic heterocycles. The van der Waals surface area contributed by atoms with E-state index in [9.17, 15) is 9.59 Å². The van der Waals surface area contributed by atoms with Crippen LogP contribution in [0.15, 0.2) is 27.8 Å². The van der Waals surface area contributed by atoms with Crippen LogP contribution in [0.25, 0.3) is 11.5 Å². The van der Waals surface area contributed by atoms with Gasteiger partial charge in [0, 0.05) is 6.07 Å². The minimum atomic E-state index is -0.685. The van der Waals surface area contributed by atoms with Crippen molar-refractivity contribution >= 4 is 23.6 Å². The van der Waals surface area contributed by atoms with Crippen molar-refractivity contribution in [1.82, 2.24) is 15.5 Å². The second-order valence-corrected chi connectivity index (χ2v) is 7.43. The van der Waals surface area contributed by atoms with Crippen LogP contribution in [0.2, 0.25) is 0 Å². The first-order valence-electron chi connectivity index (χ1n) is 8.93. The van der Waals surface area contributed by atoms with Gasteiger partial charge in [-0.05, 0) is 24.5 Å². The second kappa shape index (κ2) is 10.7. The van der Waals surface area contributed by atoms with Gasteiger partial charge in [-0.25, -0.2) is 4.79 Å². The molecule has 1 amide bonds. The van der Waals surface area contributed by atoms with E-state index in [1.54, 1.807) is 25.3 Å². The van der Waals surface area contributed by atoms with E-state index in [0.29, 0.717) is 23.5 Å². The smallest absolute Gasteiger partial charge is 0.328 e. The number of benzene rings is 1. The van der Waals surface area contributed by atoms with Gasteiger partial charge in [-0.1, -0.05) is 25.6 Å². The molecule has 2 rings (SSSR count). The average molecular weight is 423 g/mol. The minimum absolute atomic E-state index is 0.0208. The van der Waals surface area contributed by atoms with Gasteiger partial charge < -0.3 is 23.9 Å². The molecule has 0 saturated heterocycles. The summed E-state index contributed by atoms with van der Waals surface area (Å²) in [6.07, 6.45) is 0.491. The summed E-state index contributed by atoms with van der Waals surface area (Å²) in [4.78, 5) is 24.0. The molecule has 9 nitrogen and oxygen atoms in total. The molecular weight excluding hydrogens is 398 g/mol. The highest BCUT2D eigenvalue weighted by Crippen LogP contribution is 2.33. The third-order valence-corrected chi connectivity index (χ3v) is 4.72. The Morgan fingerprint density at radius 1 is 1.17 bits per heavy atom. The lowest BCUT2D eigenvalue weighted by molar-refractivity contribution is -0.145. The van der Waals surface area contributed by atoms with E-state index in [-0.39, 0.29) is 28.7 Å². The van der Waals surface area contributed by atoms with E-state index in [0.717, 1.165) is 11.8 Å². The maximum Gasteiger partial charge on any atom is 0.328 e. The molecule has 1 atom stereocenters. The summed E-state index contributed by atoms with van der Waals surface area (Å²) in [7, 11) is 4.39. The van der Waals surface area contributed by atoms with Gasteiger partial charge in [0.05, 0.1) is 32.6 Å². The molecule has 0 aliphatic carbocycles. The van der Waals surface area contributed by atoms with Crippen molar-refractivity contribution in [3.05, 3.63) is 18.2 Å². The van der Waals surface area contributed by atoms with E-state index < -0.39 is 12.0 Å². The largest absolute Gasteiger partial charge is 0.497 e. The number of hydrogen-bond acceptors (Lipinski definition) is 9. The zero-order valence-corrected chi connectivity index (χ0v) is 17.9. The summed E-state index contributed by atoms with van der Waals surface area (Å²) in [6.45, 7) is 3.93. The number of rotatable bonds is 10.